The number of amides is 1. The van der Waals surface area contributed by atoms with Gasteiger partial charge in [-0.25, -0.2) is 0 Å². The molecular formula is C23H31N3O2. The Labute approximate surface area is 168 Å². The largest absolute Gasteiger partial charge is 0.496 e. The molecule has 0 spiro atoms. The third kappa shape index (κ3) is 4.91. The summed E-state index contributed by atoms with van der Waals surface area (Å²) in [6.07, 6.45) is 0.961. The number of para-hydroxylation sites is 1. The summed E-state index contributed by atoms with van der Waals surface area (Å²) in [6.45, 7) is 4.37. The van der Waals surface area contributed by atoms with E-state index < -0.39 is 0 Å². The van der Waals surface area contributed by atoms with Gasteiger partial charge in [-0.05, 0) is 37.7 Å². The van der Waals surface area contributed by atoms with Crippen molar-refractivity contribution in [1.29, 1.82) is 0 Å². The summed E-state index contributed by atoms with van der Waals surface area (Å²) in [6, 6.07) is 18.0. The van der Waals surface area contributed by atoms with Gasteiger partial charge in [0.25, 0.3) is 0 Å². The smallest absolute Gasteiger partial charge is 0.244 e. The number of likely N-dealkylation sites (N-methyl/N-ethyl adjacent to an activating group) is 1. The van der Waals surface area contributed by atoms with E-state index in [1.54, 1.807) is 7.11 Å². The first kappa shape index (κ1) is 20.4. The van der Waals surface area contributed by atoms with Crippen LogP contribution in [0.3, 0.4) is 0 Å². The van der Waals surface area contributed by atoms with Gasteiger partial charge in [-0.3, -0.25) is 14.6 Å². The van der Waals surface area contributed by atoms with Crippen LogP contribution in [0.5, 0.6) is 5.75 Å². The molecule has 28 heavy (non-hydrogen) atoms. The van der Waals surface area contributed by atoms with Crippen molar-refractivity contribution < 1.29 is 9.53 Å². The van der Waals surface area contributed by atoms with E-state index in [4.69, 9.17) is 4.74 Å². The van der Waals surface area contributed by atoms with Crippen LogP contribution in [0.4, 0.5) is 0 Å². The Morgan fingerprint density at radius 3 is 2.29 bits per heavy atom. The number of ether oxygens (including phenoxy) is 1. The summed E-state index contributed by atoms with van der Waals surface area (Å²) in [5, 5.41) is 0. The van der Waals surface area contributed by atoms with Crippen molar-refractivity contribution in [2.24, 2.45) is 0 Å². The minimum Gasteiger partial charge on any atom is -0.496 e. The summed E-state index contributed by atoms with van der Waals surface area (Å²) in [5.41, 5.74) is 2.29. The van der Waals surface area contributed by atoms with Gasteiger partial charge in [-0.15, -0.1) is 0 Å². The van der Waals surface area contributed by atoms with Gasteiger partial charge < -0.3 is 9.64 Å². The van der Waals surface area contributed by atoms with Crippen molar-refractivity contribution in [3.63, 3.8) is 0 Å². The van der Waals surface area contributed by atoms with Gasteiger partial charge in [0.2, 0.25) is 5.91 Å². The van der Waals surface area contributed by atoms with Crippen molar-refractivity contribution in [1.82, 2.24) is 14.7 Å². The Hall–Kier alpha value is -2.37. The molecule has 5 nitrogen and oxygen atoms in total. The van der Waals surface area contributed by atoms with Gasteiger partial charge in [0.15, 0.2) is 0 Å². The molecule has 0 N–H and O–H groups in total. The summed E-state index contributed by atoms with van der Waals surface area (Å²) in [7, 11) is 5.66. The zero-order chi connectivity index (χ0) is 19.9. The van der Waals surface area contributed by atoms with Gasteiger partial charge >= 0.3 is 0 Å². The SMILES string of the molecule is COc1ccccc1CCN1CCN(C(=O)C(c2ccccc2)N(C)C)CC1. The molecule has 1 heterocycles. The Kier molecular flexibility index (Phi) is 7.06. The molecule has 0 aromatic heterocycles. The fourth-order valence-corrected chi connectivity index (χ4v) is 3.85. The number of benzene rings is 2. The van der Waals surface area contributed by atoms with Gasteiger partial charge in [-0.2, -0.15) is 0 Å². The fraction of sp³-hybridized carbons (Fsp3) is 0.435. The number of carbonyl (C=O) groups is 1. The molecule has 5 heteroatoms. The highest BCUT2D eigenvalue weighted by atomic mass is 16.5. The van der Waals surface area contributed by atoms with Crippen molar-refractivity contribution >= 4 is 5.91 Å². The van der Waals surface area contributed by atoms with Crippen molar-refractivity contribution in [3.05, 3.63) is 65.7 Å². The van der Waals surface area contributed by atoms with Crippen molar-refractivity contribution in [2.75, 3.05) is 53.9 Å². The number of hydrogen-bond acceptors (Lipinski definition) is 4. The molecule has 1 aliphatic rings. The third-order valence-electron chi connectivity index (χ3n) is 5.44. The highest BCUT2D eigenvalue weighted by Gasteiger charge is 2.29. The van der Waals surface area contributed by atoms with Gasteiger partial charge in [0.05, 0.1) is 7.11 Å². The predicted octanol–water partition coefficient (Wildman–Crippen LogP) is 2.68. The molecule has 2 aromatic rings. The lowest BCUT2D eigenvalue weighted by Gasteiger charge is -2.37. The number of rotatable bonds is 7. The predicted molar refractivity (Wildman–Crippen MR) is 113 cm³/mol. The van der Waals surface area contributed by atoms with Crippen LogP contribution in [-0.2, 0) is 11.2 Å². The first-order valence-corrected chi connectivity index (χ1v) is 9.94. The number of hydrogen-bond donors (Lipinski definition) is 0. The summed E-state index contributed by atoms with van der Waals surface area (Å²) >= 11 is 0. The second-order valence-electron chi connectivity index (χ2n) is 7.51. The maximum absolute atomic E-state index is 13.2. The van der Waals surface area contributed by atoms with E-state index in [1.165, 1.54) is 5.56 Å². The minimum absolute atomic E-state index is 0.195. The van der Waals surface area contributed by atoms with E-state index >= 15 is 0 Å². The molecular weight excluding hydrogens is 350 g/mol. The molecule has 1 aliphatic heterocycles. The van der Waals surface area contributed by atoms with Crippen LogP contribution in [0.1, 0.15) is 17.2 Å². The zero-order valence-corrected chi connectivity index (χ0v) is 17.2. The fourth-order valence-electron chi connectivity index (χ4n) is 3.85. The van der Waals surface area contributed by atoms with Crippen LogP contribution >= 0.6 is 0 Å². The normalized spacial score (nSPS) is 16.2. The number of methoxy groups -OCH3 is 1. The van der Waals surface area contributed by atoms with Crippen LogP contribution in [-0.4, -0.2) is 74.5 Å². The summed E-state index contributed by atoms with van der Waals surface area (Å²) < 4.78 is 5.45. The lowest BCUT2D eigenvalue weighted by molar-refractivity contribution is -0.138. The zero-order valence-electron chi connectivity index (χ0n) is 17.2. The summed E-state index contributed by atoms with van der Waals surface area (Å²) in [5.74, 6) is 1.15. The van der Waals surface area contributed by atoms with Crippen LogP contribution < -0.4 is 4.74 Å². The molecule has 0 bridgehead atoms. The molecule has 3 rings (SSSR count). The summed E-state index contributed by atoms with van der Waals surface area (Å²) in [4.78, 5) is 19.6. The lowest BCUT2D eigenvalue weighted by atomic mass is 10.0. The van der Waals surface area contributed by atoms with Gasteiger partial charge in [0, 0.05) is 32.7 Å². The number of carbonyl (C=O) groups excluding carboxylic acids is 1. The number of nitrogens with zero attached hydrogens (tertiary/aromatic N) is 3. The second kappa shape index (κ2) is 9.71. The van der Waals surface area contributed by atoms with E-state index in [-0.39, 0.29) is 11.9 Å². The van der Waals surface area contributed by atoms with Crippen LogP contribution in [0.2, 0.25) is 0 Å². The molecule has 1 fully saturated rings. The molecule has 0 saturated carbocycles. The van der Waals surface area contributed by atoms with Crippen molar-refractivity contribution in [2.45, 2.75) is 12.5 Å². The van der Waals surface area contributed by atoms with E-state index in [1.807, 2.05) is 66.4 Å². The first-order valence-electron chi connectivity index (χ1n) is 9.94. The van der Waals surface area contributed by atoms with Gasteiger partial charge in [0.1, 0.15) is 11.8 Å². The average molecular weight is 382 g/mol. The Balaban J connectivity index is 1.55. The molecule has 150 valence electrons. The van der Waals surface area contributed by atoms with Crippen LogP contribution in [0.25, 0.3) is 0 Å². The second-order valence-corrected chi connectivity index (χ2v) is 7.51. The van der Waals surface area contributed by atoms with Gasteiger partial charge in [-0.1, -0.05) is 48.5 Å². The van der Waals surface area contributed by atoms with E-state index in [0.29, 0.717) is 0 Å². The number of piperazine rings is 1. The maximum atomic E-state index is 13.2. The Bertz CT molecular complexity index is 755. The maximum Gasteiger partial charge on any atom is 0.244 e. The first-order chi connectivity index (χ1) is 13.6. The average Bonchev–Trinajstić information content (AvgIpc) is 2.73. The van der Waals surface area contributed by atoms with Crippen molar-refractivity contribution in [3.8, 4) is 5.75 Å². The Morgan fingerprint density at radius 2 is 1.64 bits per heavy atom. The third-order valence-corrected chi connectivity index (χ3v) is 5.44. The molecule has 1 amide bonds. The molecule has 1 saturated heterocycles. The topological polar surface area (TPSA) is 36.0 Å². The molecule has 1 atom stereocenters. The molecule has 2 aromatic carbocycles. The lowest BCUT2D eigenvalue weighted by Crippen LogP contribution is -2.51. The Morgan fingerprint density at radius 1 is 1.00 bits per heavy atom. The standard InChI is InChI=1S/C23H31N3O2/c1-24(2)22(20-10-5-4-6-11-20)23(27)26-17-15-25(16-18-26)14-13-19-9-7-8-12-21(19)28-3/h4-12,22H,13-18H2,1-3H3. The minimum atomic E-state index is -0.221. The highest BCUT2D eigenvalue weighted by molar-refractivity contribution is 5.83. The van der Waals surface area contributed by atoms with E-state index in [0.717, 1.165) is 50.5 Å². The molecule has 0 aliphatic carbocycles. The molecule has 1 unspecified atom stereocenters. The van der Waals surface area contributed by atoms with E-state index in [9.17, 15) is 4.79 Å². The highest BCUT2D eigenvalue weighted by Crippen LogP contribution is 2.22. The quantitative estimate of drug-likeness (QED) is 0.739. The van der Waals surface area contributed by atoms with Crippen LogP contribution in [0, 0.1) is 0 Å². The monoisotopic (exact) mass is 381 g/mol. The molecule has 0 radical (unpaired) electrons. The van der Waals surface area contributed by atoms with E-state index in [2.05, 4.69) is 17.0 Å². The van der Waals surface area contributed by atoms with Crippen LogP contribution in [0.15, 0.2) is 54.6 Å².